The van der Waals surface area contributed by atoms with Crippen LogP contribution in [0.5, 0.6) is 0 Å². The number of aryl methyl sites for hydroxylation is 2. The minimum Gasteiger partial charge on any atom is -0.481 e. The van der Waals surface area contributed by atoms with Crippen molar-refractivity contribution >= 4 is 21.9 Å². The number of aromatic nitrogens is 2. The summed E-state index contributed by atoms with van der Waals surface area (Å²) in [6.07, 6.45) is 2.42. The van der Waals surface area contributed by atoms with E-state index in [0.717, 1.165) is 21.4 Å². The SMILES string of the molecule is Cc1cc(Br)ccc1-n1ccc(CCC(=O)O)n1. The van der Waals surface area contributed by atoms with Crippen molar-refractivity contribution in [2.75, 3.05) is 0 Å². The molecule has 94 valence electrons. The van der Waals surface area contributed by atoms with Crippen LogP contribution in [-0.2, 0) is 11.2 Å². The lowest BCUT2D eigenvalue weighted by Crippen LogP contribution is -2.01. The van der Waals surface area contributed by atoms with Crippen molar-refractivity contribution in [1.82, 2.24) is 9.78 Å². The van der Waals surface area contributed by atoms with Crippen molar-refractivity contribution < 1.29 is 9.90 Å². The quantitative estimate of drug-likeness (QED) is 0.944. The standard InChI is InChI=1S/C13H13BrN2O2/c1-9-8-10(14)2-4-12(9)16-7-6-11(15-16)3-5-13(17)18/h2,4,6-8H,3,5H2,1H3,(H,17,18). The monoisotopic (exact) mass is 308 g/mol. The van der Waals surface area contributed by atoms with Gasteiger partial charge in [-0.05, 0) is 36.8 Å². The van der Waals surface area contributed by atoms with Gasteiger partial charge in [-0.25, -0.2) is 4.68 Å². The van der Waals surface area contributed by atoms with E-state index in [1.165, 1.54) is 0 Å². The molecular weight excluding hydrogens is 296 g/mol. The predicted octanol–water partition coefficient (Wildman–Crippen LogP) is 2.96. The summed E-state index contributed by atoms with van der Waals surface area (Å²) in [5.74, 6) is -0.802. The Balaban J connectivity index is 2.21. The second-order valence-electron chi connectivity index (χ2n) is 4.08. The van der Waals surface area contributed by atoms with E-state index in [9.17, 15) is 4.79 Å². The fraction of sp³-hybridized carbons (Fsp3) is 0.231. The normalized spacial score (nSPS) is 10.6. The number of halogens is 1. The van der Waals surface area contributed by atoms with Gasteiger partial charge in [-0.15, -0.1) is 0 Å². The van der Waals surface area contributed by atoms with E-state index >= 15 is 0 Å². The molecule has 1 heterocycles. The lowest BCUT2D eigenvalue weighted by Gasteiger charge is -2.06. The third kappa shape index (κ3) is 2.98. The van der Waals surface area contributed by atoms with Gasteiger partial charge in [0.05, 0.1) is 17.8 Å². The van der Waals surface area contributed by atoms with Crippen LogP contribution in [0.3, 0.4) is 0 Å². The topological polar surface area (TPSA) is 55.1 Å². The largest absolute Gasteiger partial charge is 0.481 e. The number of nitrogens with zero attached hydrogens (tertiary/aromatic N) is 2. The zero-order valence-electron chi connectivity index (χ0n) is 9.93. The van der Waals surface area contributed by atoms with Crippen molar-refractivity contribution in [1.29, 1.82) is 0 Å². The Labute approximate surface area is 113 Å². The molecule has 0 aliphatic heterocycles. The molecule has 1 aromatic carbocycles. The molecule has 5 heteroatoms. The first-order chi connectivity index (χ1) is 8.56. The molecule has 0 atom stereocenters. The number of hydrogen-bond acceptors (Lipinski definition) is 2. The second kappa shape index (κ2) is 5.35. The number of carbonyl (C=O) groups is 1. The summed E-state index contributed by atoms with van der Waals surface area (Å²) in [6.45, 7) is 2.01. The summed E-state index contributed by atoms with van der Waals surface area (Å²) < 4.78 is 2.81. The summed E-state index contributed by atoms with van der Waals surface area (Å²) in [5.41, 5.74) is 2.90. The van der Waals surface area contributed by atoms with Gasteiger partial charge in [-0.1, -0.05) is 15.9 Å². The second-order valence-corrected chi connectivity index (χ2v) is 4.99. The molecule has 18 heavy (non-hydrogen) atoms. The number of rotatable bonds is 4. The molecule has 0 spiro atoms. The number of aliphatic carboxylic acids is 1. The molecule has 0 unspecified atom stereocenters. The van der Waals surface area contributed by atoms with Gasteiger partial charge in [-0.3, -0.25) is 4.79 Å². The molecule has 4 nitrogen and oxygen atoms in total. The van der Waals surface area contributed by atoms with Crippen molar-refractivity contribution in [2.45, 2.75) is 19.8 Å². The zero-order valence-corrected chi connectivity index (χ0v) is 11.5. The number of benzene rings is 1. The molecule has 0 fully saturated rings. The van der Waals surface area contributed by atoms with Crippen LogP contribution in [0.15, 0.2) is 34.9 Å². The fourth-order valence-corrected chi connectivity index (χ4v) is 2.22. The molecular formula is C13H13BrN2O2. The van der Waals surface area contributed by atoms with Crippen molar-refractivity contribution in [3.05, 3.63) is 46.2 Å². The molecule has 0 saturated heterocycles. The minimum atomic E-state index is -0.802. The van der Waals surface area contributed by atoms with Gasteiger partial charge in [0.15, 0.2) is 0 Å². The minimum absolute atomic E-state index is 0.107. The first-order valence-corrected chi connectivity index (χ1v) is 6.38. The van der Waals surface area contributed by atoms with Gasteiger partial charge in [0.2, 0.25) is 0 Å². The van der Waals surface area contributed by atoms with E-state index in [1.54, 1.807) is 4.68 Å². The average Bonchev–Trinajstić information content (AvgIpc) is 2.75. The summed E-state index contributed by atoms with van der Waals surface area (Å²) in [5, 5.41) is 13.0. The zero-order chi connectivity index (χ0) is 13.1. The molecule has 0 aliphatic rings. The summed E-state index contributed by atoms with van der Waals surface area (Å²) in [7, 11) is 0. The Kier molecular flexibility index (Phi) is 3.81. The summed E-state index contributed by atoms with van der Waals surface area (Å²) in [4.78, 5) is 10.5. The predicted molar refractivity (Wildman–Crippen MR) is 72.0 cm³/mol. The Hall–Kier alpha value is -1.62. The number of carboxylic acids is 1. The van der Waals surface area contributed by atoms with Gasteiger partial charge in [-0.2, -0.15) is 5.10 Å². The van der Waals surface area contributed by atoms with E-state index in [2.05, 4.69) is 21.0 Å². The van der Waals surface area contributed by atoms with E-state index < -0.39 is 5.97 Å². The maximum absolute atomic E-state index is 10.5. The Bertz CT molecular complexity index is 578. The van der Waals surface area contributed by atoms with Crippen LogP contribution >= 0.6 is 15.9 Å². The highest BCUT2D eigenvalue weighted by Gasteiger charge is 2.06. The maximum atomic E-state index is 10.5. The lowest BCUT2D eigenvalue weighted by atomic mass is 10.2. The van der Waals surface area contributed by atoms with Gasteiger partial charge in [0.25, 0.3) is 0 Å². The molecule has 2 aromatic rings. The van der Waals surface area contributed by atoms with Crippen LogP contribution in [0, 0.1) is 6.92 Å². The first kappa shape index (κ1) is 12.8. The molecule has 0 radical (unpaired) electrons. The van der Waals surface area contributed by atoms with Crippen LogP contribution in [0.25, 0.3) is 5.69 Å². The average molecular weight is 309 g/mol. The smallest absolute Gasteiger partial charge is 0.303 e. The number of hydrogen-bond donors (Lipinski definition) is 1. The molecule has 0 amide bonds. The highest BCUT2D eigenvalue weighted by Crippen LogP contribution is 2.19. The third-order valence-electron chi connectivity index (χ3n) is 2.64. The van der Waals surface area contributed by atoms with Crippen molar-refractivity contribution in [3.8, 4) is 5.69 Å². The van der Waals surface area contributed by atoms with Crippen LogP contribution in [0.4, 0.5) is 0 Å². The molecule has 1 N–H and O–H groups in total. The molecule has 0 bridgehead atoms. The molecule has 0 aliphatic carbocycles. The third-order valence-corrected chi connectivity index (χ3v) is 3.14. The summed E-state index contributed by atoms with van der Waals surface area (Å²) in [6, 6.07) is 7.81. The van der Waals surface area contributed by atoms with Crippen LogP contribution < -0.4 is 0 Å². The molecule has 0 saturated carbocycles. The van der Waals surface area contributed by atoms with Crippen molar-refractivity contribution in [2.24, 2.45) is 0 Å². The van der Waals surface area contributed by atoms with Crippen molar-refractivity contribution in [3.63, 3.8) is 0 Å². The Morgan fingerprint density at radius 2 is 2.22 bits per heavy atom. The van der Waals surface area contributed by atoms with Gasteiger partial charge >= 0.3 is 5.97 Å². The van der Waals surface area contributed by atoms with Gasteiger partial charge in [0, 0.05) is 17.1 Å². The highest BCUT2D eigenvalue weighted by atomic mass is 79.9. The highest BCUT2D eigenvalue weighted by molar-refractivity contribution is 9.10. The van der Waals surface area contributed by atoms with Gasteiger partial charge < -0.3 is 5.11 Å². The maximum Gasteiger partial charge on any atom is 0.303 e. The first-order valence-electron chi connectivity index (χ1n) is 5.59. The molecule has 2 rings (SSSR count). The van der Waals surface area contributed by atoms with E-state index in [0.29, 0.717) is 6.42 Å². The van der Waals surface area contributed by atoms with E-state index in [4.69, 9.17) is 5.11 Å². The number of carboxylic acid groups (broad SMARTS) is 1. The Morgan fingerprint density at radius 1 is 1.44 bits per heavy atom. The van der Waals surface area contributed by atoms with E-state index in [1.807, 2.05) is 37.4 Å². The Morgan fingerprint density at radius 3 is 2.89 bits per heavy atom. The van der Waals surface area contributed by atoms with Gasteiger partial charge in [0.1, 0.15) is 0 Å². The van der Waals surface area contributed by atoms with Crippen LogP contribution in [0.1, 0.15) is 17.7 Å². The molecule has 1 aromatic heterocycles. The lowest BCUT2D eigenvalue weighted by molar-refractivity contribution is -0.136. The van der Waals surface area contributed by atoms with Crippen LogP contribution in [-0.4, -0.2) is 20.9 Å². The van der Waals surface area contributed by atoms with Crippen LogP contribution in [0.2, 0.25) is 0 Å². The van der Waals surface area contributed by atoms with E-state index in [-0.39, 0.29) is 6.42 Å². The fourth-order valence-electron chi connectivity index (χ4n) is 1.74. The summed E-state index contributed by atoms with van der Waals surface area (Å²) >= 11 is 3.42.